The molecule has 0 bridgehead atoms. The Morgan fingerprint density at radius 1 is 1.30 bits per heavy atom. The summed E-state index contributed by atoms with van der Waals surface area (Å²) in [6.07, 6.45) is 4.65. The van der Waals surface area contributed by atoms with Gasteiger partial charge < -0.3 is 19.9 Å². The lowest BCUT2D eigenvalue weighted by Gasteiger charge is -2.30. The summed E-state index contributed by atoms with van der Waals surface area (Å²) in [5.41, 5.74) is -0.0961. The highest BCUT2D eigenvalue weighted by molar-refractivity contribution is 6.32. The number of nitrogens with zero attached hydrogens (tertiary/aromatic N) is 1. The molecule has 0 unspecified atom stereocenters. The fourth-order valence-corrected chi connectivity index (χ4v) is 3.62. The van der Waals surface area contributed by atoms with Gasteiger partial charge in [0.1, 0.15) is 5.75 Å². The third kappa shape index (κ3) is 6.23. The monoisotopic (exact) mass is 442 g/mol. The van der Waals surface area contributed by atoms with E-state index < -0.39 is 12.2 Å². The van der Waals surface area contributed by atoms with E-state index in [2.05, 4.69) is 15.0 Å². The van der Waals surface area contributed by atoms with Gasteiger partial charge in [-0.25, -0.2) is 0 Å². The fraction of sp³-hybridized carbons (Fsp3) is 0.524. The number of nitrogens with one attached hydrogen (secondary N) is 1. The number of rotatable bonds is 7. The largest absolute Gasteiger partial charge is 0.433 e. The van der Waals surface area contributed by atoms with E-state index in [-0.39, 0.29) is 35.4 Å². The molecule has 1 saturated carbocycles. The second-order valence-electron chi connectivity index (χ2n) is 8.15. The van der Waals surface area contributed by atoms with Crippen molar-refractivity contribution < 1.29 is 28.2 Å². The molecule has 2 N–H and O–H groups in total. The first-order chi connectivity index (χ1) is 14.1. The van der Waals surface area contributed by atoms with Gasteiger partial charge in [0.05, 0.1) is 34.4 Å². The van der Waals surface area contributed by atoms with Crippen molar-refractivity contribution in [2.45, 2.75) is 63.9 Å². The minimum Gasteiger partial charge on any atom is -0.433 e. The molecule has 3 rings (SSSR count). The molecule has 1 fully saturated rings. The summed E-state index contributed by atoms with van der Waals surface area (Å²) in [6.45, 7) is 0.706. The van der Waals surface area contributed by atoms with E-state index in [0.29, 0.717) is 16.5 Å². The molecule has 1 heterocycles. The van der Waals surface area contributed by atoms with Gasteiger partial charge >= 0.3 is 6.61 Å². The Kier molecular flexibility index (Phi) is 7.10. The zero-order valence-corrected chi connectivity index (χ0v) is 17.6. The smallest absolute Gasteiger partial charge is 0.387 e. The average Bonchev–Trinajstić information content (AvgIpc) is 2.66. The first kappa shape index (κ1) is 22.7. The van der Waals surface area contributed by atoms with Crippen LogP contribution in [-0.2, 0) is 4.74 Å². The van der Waals surface area contributed by atoms with Gasteiger partial charge in [-0.15, -0.1) is 0 Å². The standard InChI is InChI=1S/C21H25ClF2N2O4/c1-21(2,28)11-29-15-5-3-14(4-6-15)26-19(27)13-7-12-8-16(22)18(30-20(23)24)9-17(12)25-10-13/h7-10,14-15,20,28H,3-6,11H2,1-2H3,(H,26,27). The first-order valence-electron chi connectivity index (χ1n) is 9.80. The first-order valence-corrected chi connectivity index (χ1v) is 10.2. The summed E-state index contributed by atoms with van der Waals surface area (Å²) >= 11 is 5.99. The number of carbonyl (C=O) groups excluding carboxylic acids is 1. The zero-order valence-electron chi connectivity index (χ0n) is 16.8. The van der Waals surface area contributed by atoms with Crippen molar-refractivity contribution in [2.75, 3.05) is 6.61 Å². The maximum atomic E-state index is 12.6. The summed E-state index contributed by atoms with van der Waals surface area (Å²) in [5.74, 6) is -0.415. The number of fused-ring (bicyclic) bond motifs is 1. The second kappa shape index (κ2) is 9.41. The van der Waals surface area contributed by atoms with E-state index in [1.165, 1.54) is 18.3 Å². The Balaban J connectivity index is 1.59. The number of ether oxygens (including phenoxy) is 2. The molecule has 1 aliphatic rings. The number of alkyl halides is 2. The SMILES string of the molecule is CC(C)(O)COC1CCC(NC(=O)c2cnc3cc(OC(F)F)c(Cl)cc3c2)CC1. The molecule has 0 atom stereocenters. The maximum Gasteiger partial charge on any atom is 0.387 e. The van der Waals surface area contributed by atoms with Crippen LogP contribution in [0, 0.1) is 0 Å². The third-order valence-electron chi connectivity index (χ3n) is 4.89. The van der Waals surface area contributed by atoms with Crippen LogP contribution in [0.25, 0.3) is 10.9 Å². The molecule has 0 saturated heterocycles. The van der Waals surface area contributed by atoms with Gasteiger partial charge in [-0.05, 0) is 51.7 Å². The van der Waals surface area contributed by atoms with Gasteiger partial charge in [0.2, 0.25) is 0 Å². The van der Waals surface area contributed by atoms with Crippen molar-refractivity contribution in [2.24, 2.45) is 0 Å². The Morgan fingerprint density at radius 3 is 2.63 bits per heavy atom. The normalized spacial score (nSPS) is 19.8. The Bertz CT molecular complexity index is 896. The second-order valence-corrected chi connectivity index (χ2v) is 8.56. The molecule has 6 nitrogen and oxygen atoms in total. The van der Waals surface area contributed by atoms with Crippen LogP contribution in [0.15, 0.2) is 24.4 Å². The fourth-order valence-electron chi connectivity index (χ4n) is 3.40. The van der Waals surface area contributed by atoms with Crippen LogP contribution in [0.3, 0.4) is 0 Å². The summed E-state index contributed by atoms with van der Waals surface area (Å²) in [5, 5.41) is 13.3. The predicted molar refractivity (Wildman–Crippen MR) is 109 cm³/mol. The highest BCUT2D eigenvalue weighted by Gasteiger charge is 2.25. The van der Waals surface area contributed by atoms with Gasteiger partial charge in [-0.3, -0.25) is 9.78 Å². The number of amides is 1. The van der Waals surface area contributed by atoms with Crippen LogP contribution in [0.2, 0.25) is 5.02 Å². The van der Waals surface area contributed by atoms with Gasteiger partial charge in [0, 0.05) is 23.7 Å². The molecule has 0 spiro atoms. The lowest BCUT2D eigenvalue weighted by atomic mass is 9.92. The summed E-state index contributed by atoms with van der Waals surface area (Å²) in [7, 11) is 0. The van der Waals surface area contributed by atoms with Crippen molar-refractivity contribution in [1.29, 1.82) is 0 Å². The van der Waals surface area contributed by atoms with Gasteiger partial charge in [-0.2, -0.15) is 8.78 Å². The number of carbonyl (C=O) groups is 1. The minimum atomic E-state index is -2.99. The number of aliphatic hydroxyl groups is 1. The molecule has 9 heteroatoms. The van der Waals surface area contributed by atoms with Gasteiger partial charge in [-0.1, -0.05) is 11.6 Å². The van der Waals surface area contributed by atoms with Crippen LogP contribution in [0.4, 0.5) is 8.78 Å². The molecule has 1 aromatic carbocycles. The molecule has 164 valence electrons. The number of pyridine rings is 1. The molecule has 2 aromatic rings. The van der Waals surface area contributed by atoms with E-state index >= 15 is 0 Å². The molecular weight excluding hydrogens is 418 g/mol. The van der Waals surface area contributed by atoms with Crippen LogP contribution >= 0.6 is 11.6 Å². The van der Waals surface area contributed by atoms with Crippen molar-refractivity contribution in [3.05, 3.63) is 35.0 Å². The minimum absolute atomic E-state index is 0.0199. The Hall–Kier alpha value is -2.03. The number of benzene rings is 1. The molecule has 0 aliphatic heterocycles. The topological polar surface area (TPSA) is 80.7 Å². The van der Waals surface area contributed by atoms with Crippen LogP contribution in [0.5, 0.6) is 5.75 Å². The Morgan fingerprint density at radius 2 is 2.00 bits per heavy atom. The summed E-state index contributed by atoms with van der Waals surface area (Å²) < 4.78 is 35.0. The van der Waals surface area contributed by atoms with Crippen molar-refractivity contribution in [3.63, 3.8) is 0 Å². The van der Waals surface area contributed by atoms with Crippen LogP contribution in [0.1, 0.15) is 49.9 Å². The molecular formula is C21H25ClF2N2O4. The molecule has 1 aliphatic carbocycles. The molecule has 1 aromatic heterocycles. The molecule has 30 heavy (non-hydrogen) atoms. The Labute approximate surface area is 178 Å². The summed E-state index contributed by atoms with van der Waals surface area (Å²) in [4.78, 5) is 16.8. The molecule has 0 radical (unpaired) electrons. The zero-order chi connectivity index (χ0) is 21.9. The predicted octanol–water partition coefficient (Wildman–Crippen LogP) is 4.32. The average molecular weight is 443 g/mol. The number of hydrogen-bond donors (Lipinski definition) is 2. The van der Waals surface area contributed by atoms with Crippen molar-refractivity contribution >= 4 is 28.4 Å². The van der Waals surface area contributed by atoms with E-state index in [4.69, 9.17) is 16.3 Å². The van der Waals surface area contributed by atoms with Crippen molar-refractivity contribution in [1.82, 2.24) is 10.3 Å². The number of aromatic nitrogens is 1. The van der Waals surface area contributed by atoms with Crippen molar-refractivity contribution in [3.8, 4) is 5.75 Å². The third-order valence-corrected chi connectivity index (χ3v) is 5.19. The van der Waals surface area contributed by atoms with Gasteiger partial charge in [0.15, 0.2) is 0 Å². The number of hydrogen-bond acceptors (Lipinski definition) is 5. The van der Waals surface area contributed by atoms with E-state index in [0.717, 1.165) is 25.7 Å². The van der Waals surface area contributed by atoms with Gasteiger partial charge in [0.25, 0.3) is 5.91 Å². The number of halogens is 3. The lowest BCUT2D eigenvalue weighted by Crippen LogP contribution is -2.40. The quantitative estimate of drug-likeness (QED) is 0.667. The summed E-state index contributed by atoms with van der Waals surface area (Å²) in [6, 6.07) is 4.42. The lowest BCUT2D eigenvalue weighted by molar-refractivity contribution is -0.0640. The maximum absolute atomic E-state index is 12.6. The van der Waals surface area contributed by atoms with E-state index in [1.807, 2.05) is 0 Å². The van der Waals surface area contributed by atoms with E-state index in [1.54, 1.807) is 19.9 Å². The van der Waals surface area contributed by atoms with E-state index in [9.17, 15) is 18.7 Å². The van der Waals surface area contributed by atoms with Crippen LogP contribution < -0.4 is 10.1 Å². The molecule has 1 amide bonds. The highest BCUT2D eigenvalue weighted by atomic mass is 35.5. The highest BCUT2D eigenvalue weighted by Crippen LogP contribution is 2.31. The van der Waals surface area contributed by atoms with Crippen LogP contribution in [-0.4, -0.2) is 47.0 Å².